The minimum Gasteiger partial charge on any atom is -0.359 e. The molecule has 114 valence electrons. The fraction of sp³-hybridized carbons (Fsp3) is 0.867. The van der Waals surface area contributed by atoms with Gasteiger partial charge in [-0.05, 0) is 32.2 Å². The van der Waals surface area contributed by atoms with Crippen LogP contribution in [0, 0.1) is 11.3 Å². The second kappa shape index (κ2) is 6.57. The van der Waals surface area contributed by atoms with Crippen LogP contribution in [0.25, 0.3) is 0 Å². The molecule has 2 fully saturated rings. The predicted molar refractivity (Wildman–Crippen MR) is 78.2 cm³/mol. The Hall–Kier alpha value is -1.10. The number of carbonyl (C=O) groups is 2. The highest BCUT2D eigenvalue weighted by Gasteiger charge is 2.43. The molecule has 0 radical (unpaired) electrons. The number of nitrogens with zero attached hydrogens (tertiary/aromatic N) is 1. The van der Waals surface area contributed by atoms with Crippen LogP contribution in [-0.2, 0) is 9.59 Å². The van der Waals surface area contributed by atoms with Crippen LogP contribution < -0.4 is 10.6 Å². The molecular weight excluding hydrogens is 254 g/mol. The Bertz CT molecular complexity index is 356. The Kier molecular flexibility index (Phi) is 5.02. The van der Waals surface area contributed by atoms with Gasteiger partial charge in [-0.25, -0.2) is 0 Å². The molecule has 0 aromatic rings. The molecule has 2 saturated heterocycles. The maximum Gasteiger partial charge on any atom is 0.230 e. The molecule has 2 N–H and O–H groups in total. The van der Waals surface area contributed by atoms with Gasteiger partial charge in [0.2, 0.25) is 11.8 Å². The third-order valence-electron chi connectivity index (χ3n) is 4.83. The van der Waals surface area contributed by atoms with E-state index in [-0.39, 0.29) is 17.2 Å². The number of piperidine rings is 1. The lowest BCUT2D eigenvalue weighted by molar-refractivity contribution is -0.144. The van der Waals surface area contributed by atoms with Crippen molar-refractivity contribution in [3.8, 4) is 0 Å². The van der Waals surface area contributed by atoms with Crippen molar-refractivity contribution in [1.29, 1.82) is 0 Å². The standard InChI is InChI=1S/C15H27N3O2/c1-3-6-15(7-8-17-11-15)14(20)18-9-4-12(5-10-18)13(19)16-2/h12,17H,3-11H2,1-2H3,(H,16,19). The summed E-state index contributed by atoms with van der Waals surface area (Å²) in [6.07, 6.45) is 4.55. The van der Waals surface area contributed by atoms with Crippen molar-refractivity contribution in [1.82, 2.24) is 15.5 Å². The summed E-state index contributed by atoms with van der Waals surface area (Å²) in [6.45, 7) is 5.35. The van der Waals surface area contributed by atoms with E-state index in [1.165, 1.54) is 0 Å². The van der Waals surface area contributed by atoms with Crippen molar-refractivity contribution in [3.63, 3.8) is 0 Å². The van der Waals surface area contributed by atoms with Gasteiger partial charge in [-0.2, -0.15) is 0 Å². The van der Waals surface area contributed by atoms with Gasteiger partial charge in [0.25, 0.3) is 0 Å². The first kappa shape index (κ1) is 15.3. The van der Waals surface area contributed by atoms with Crippen LogP contribution in [0.3, 0.4) is 0 Å². The summed E-state index contributed by atoms with van der Waals surface area (Å²) >= 11 is 0. The molecule has 5 heteroatoms. The maximum absolute atomic E-state index is 12.8. The minimum absolute atomic E-state index is 0.0767. The van der Waals surface area contributed by atoms with Crippen molar-refractivity contribution in [2.45, 2.75) is 39.0 Å². The molecule has 2 amide bonds. The van der Waals surface area contributed by atoms with Gasteiger partial charge in [0.05, 0.1) is 5.41 Å². The molecular formula is C15H27N3O2. The van der Waals surface area contributed by atoms with E-state index in [9.17, 15) is 9.59 Å². The Balaban J connectivity index is 1.95. The van der Waals surface area contributed by atoms with Gasteiger partial charge in [-0.1, -0.05) is 13.3 Å². The van der Waals surface area contributed by atoms with Crippen LogP contribution in [0.5, 0.6) is 0 Å². The summed E-state index contributed by atoms with van der Waals surface area (Å²) in [7, 11) is 1.68. The SMILES string of the molecule is CCCC1(C(=O)N2CCC(C(=O)NC)CC2)CCNC1. The zero-order chi connectivity index (χ0) is 14.6. The number of carbonyl (C=O) groups excluding carboxylic acids is 2. The molecule has 20 heavy (non-hydrogen) atoms. The number of nitrogens with one attached hydrogen (secondary N) is 2. The van der Waals surface area contributed by atoms with Gasteiger partial charge < -0.3 is 15.5 Å². The first-order valence-electron chi connectivity index (χ1n) is 7.84. The van der Waals surface area contributed by atoms with Crippen LogP contribution >= 0.6 is 0 Å². The number of likely N-dealkylation sites (tertiary alicyclic amines) is 1. The van der Waals surface area contributed by atoms with E-state index >= 15 is 0 Å². The van der Waals surface area contributed by atoms with Crippen molar-refractivity contribution in [2.24, 2.45) is 11.3 Å². The third-order valence-corrected chi connectivity index (χ3v) is 4.83. The molecule has 1 unspecified atom stereocenters. The highest BCUT2D eigenvalue weighted by molar-refractivity contribution is 5.84. The second-order valence-corrected chi connectivity index (χ2v) is 6.14. The summed E-state index contributed by atoms with van der Waals surface area (Å²) in [5.41, 5.74) is -0.186. The first-order chi connectivity index (χ1) is 9.63. The average molecular weight is 281 g/mol. The first-order valence-corrected chi connectivity index (χ1v) is 7.84. The van der Waals surface area contributed by atoms with Gasteiger partial charge >= 0.3 is 0 Å². The number of amides is 2. The summed E-state index contributed by atoms with van der Waals surface area (Å²) in [6, 6.07) is 0. The Morgan fingerprint density at radius 2 is 2.05 bits per heavy atom. The predicted octanol–water partition coefficient (Wildman–Crippen LogP) is 0.751. The molecule has 5 nitrogen and oxygen atoms in total. The number of hydrogen-bond acceptors (Lipinski definition) is 3. The van der Waals surface area contributed by atoms with E-state index in [0.29, 0.717) is 5.91 Å². The Morgan fingerprint density at radius 3 is 2.55 bits per heavy atom. The van der Waals surface area contributed by atoms with Gasteiger partial charge in [-0.3, -0.25) is 9.59 Å². The van der Waals surface area contributed by atoms with Gasteiger partial charge in [0.15, 0.2) is 0 Å². The van der Waals surface area contributed by atoms with Crippen LogP contribution in [0.15, 0.2) is 0 Å². The van der Waals surface area contributed by atoms with Crippen molar-refractivity contribution < 1.29 is 9.59 Å². The van der Waals surface area contributed by atoms with Crippen LogP contribution in [0.1, 0.15) is 39.0 Å². The largest absolute Gasteiger partial charge is 0.359 e. The van der Waals surface area contributed by atoms with Crippen molar-refractivity contribution >= 4 is 11.8 Å². The van der Waals surface area contributed by atoms with E-state index < -0.39 is 0 Å². The van der Waals surface area contributed by atoms with Gasteiger partial charge in [0.1, 0.15) is 0 Å². The summed E-state index contributed by atoms with van der Waals surface area (Å²) in [4.78, 5) is 26.5. The Morgan fingerprint density at radius 1 is 1.35 bits per heavy atom. The van der Waals surface area contributed by atoms with Crippen molar-refractivity contribution in [2.75, 3.05) is 33.2 Å². The van der Waals surface area contributed by atoms with Gasteiger partial charge in [-0.15, -0.1) is 0 Å². The molecule has 0 aliphatic carbocycles. The van der Waals surface area contributed by atoms with Gasteiger partial charge in [0, 0.05) is 32.6 Å². The molecule has 2 aliphatic heterocycles. The highest BCUT2D eigenvalue weighted by Crippen LogP contribution is 2.34. The lowest BCUT2D eigenvalue weighted by Gasteiger charge is -2.37. The van der Waals surface area contributed by atoms with E-state index in [0.717, 1.165) is 58.3 Å². The fourth-order valence-electron chi connectivity index (χ4n) is 3.61. The quantitative estimate of drug-likeness (QED) is 0.799. The summed E-state index contributed by atoms with van der Waals surface area (Å²) in [5, 5.41) is 6.05. The molecule has 2 rings (SSSR count). The topological polar surface area (TPSA) is 61.4 Å². The van der Waals surface area contributed by atoms with E-state index in [4.69, 9.17) is 0 Å². The average Bonchev–Trinajstić information content (AvgIpc) is 2.96. The van der Waals surface area contributed by atoms with Crippen LogP contribution in [0.4, 0.5) is 0 Å². The summed E-state index contributed by atoms with van der Waals surface area (Å²) in [5.74, 6) is 0.496. The molecule has 0 saturated carbocycles. The van der Waals surface area contributed by atoms with E-state index in [1.54, 1.807) is 7.05 Å². The molecule has 0 spiro atoms. The smallest absolute Gasteiger partial charge is 0.230 e. The molecule has 2 heterocycles. The molecule has 2 aliphatic rings. The molecule has 1 atom stereocenters. The van der Waals surface area contributed by atoms with Crippen LogP contribution in [-0.4, -0.2) is 49.9 Å². The molecule has 0 aromatic carbocycles. The lowest BCUT2D eigenvalue weighted by atomic mass is 9.80. The minimum atomic E-state index is -0.186. The molecule has 0 bridgehead atoms. The number of hydrogen-bond donors (Lipinski definition) is 2. The van der Waals surface area contributed by atoms with E-state index in [1.807, 2.05) is 4.90 Å². The zero-order valence-electron chi connectivity index (χ0n) is 12.7. The number of rotatable bonds is 4. The Labute approximate surface area is 121 Å². The third kappa shape index (κ3) is 2.97. The maximum atomic E-state index is 12.8. The zero-order valence-corrected chi connectivity index (χ0v) is 12.7. The summed E-state index contributed by atoms with van der Waals surface area (Å²) < 4.78 is 0. The van der Waals surface area contributed by atoms with Crippen LogP contribution in [0.2, 0.25) is 0 Å². The second-order valence-electron chi connectivity index (χ2n) is 6.14. The lowest BCUT2D eigenvalue weighted by Crippen LogP contribution is -2.49. The van der Waals surface area contributed by atoms with E-state index in [2.05, 4.69) is 17.6 Å². The highest BCUT2D eigenvalue weighted by atomic mass is 16.2. The van der Waals surface area contributed by atoms with Crippen molar-refractivity contribution in [3.05, 3.63) is 0 Å². The monoisotopic (exact) mass is 281 g/mol. The normalized spacial score (nSPS) is 27.6. The fourth-order valence-corrected chi connectivity index (χ4v) is 3.61. The molecule has 0 aromatic heterocycles.